The Morgan fingerprint density at radius 1 is 1.07 bits per heavy atom. The summed E-state index contributed by atoms with van der Waals surface area (Å²) in [5, 5.41) is 0.749. The summed E-state index contributed by atoms with van der Waals surface area (Å²) in [6.07, 6.45) is -0.802. The Labute approximate surface area is 162 Å². The average Bonchev–Trinajstić information content (AvgIpc) is 2.69. The highest BCUT2D eigenvalue weighted by atomic mass is 16.6. The summed E-state index contributed by atoms with van der Waals surface area (Å²) in [5.41, 5.74) is 2.54. The van der Waals surface area contributed by atoms with Gasteiger partial charge >= 0.3 is 11.6 Å². The van der Waals surface area contributed by atoms with Crippen LogP contribution in [0.25, 0.3) is 11.0 Å². The predicted octanol–water partition coefficient (Wildman–Crippen LogP) is 3.93. The fourth-order valence-electron chi connectivity index (χ4n) is 2.82. The Morgan fingerprint density at radius 3 is 2.43 bits per heavy atom. The van der Waals surface area contributed by atoms with Crippen molar-refractivity contribution in [1.29, 1.82) is 0 Å². The van der Waals surface area contributed by atoms with Crippen LogP contribution in [0.4, 0.5) is 0 Å². The molecule has 0 aliphatic carbocycles. The summed E-state index contributed by atoms with van der Waals surface area (Å²) in [4.78, 5) is 24.2. The number of carbonyl (C=O) groups is 1. The topological polar surface area (TPSA) is 75.0 Å². The number of hydrogen-bond acceptors (Lipinski definition) is 6. The van der Waals surface area contributed by atoms with E-state index in [1.807, 2.05) is 26.0 Å². The monoisotopic (exact) mass is 382 g/mol. The Bertz CT molecular complexity index is 1050. The van der Waals surface area contributed by atoms with E-state index in [1.165, 1.54) is 6.07 Å². The lowest BCUT2D eigenvalue weighted by molar-refractivity contribution is -0.152. The van der Waals surface area contributed by atoms with Gasteiger partial charge in [-0.1, -0.05) is 12.1 Å². The summed E-state index contributed by atoms with van der Waals surface area (Å²) >= 11 is 0. The van der Waals surface area contributed by atoms with Crippen molar-refractivity contribution in [1.82, 2.24) is 0 Å². The zero-order chi connectivity index (χ0) is 20.3. The van der Waals surface area contributed by atoms with Gasteiger partial charge in [0, 0.05) is 17.0 Å². The van der Waals surface area contributed by atoms with E-state index in [4.69, 9.17) is 18.6 Å². The zero-order valence-corrected chi connectivity index (χ0v) is 16.3. The van der Waals surface area contributed by atoms with Gasteiger partial charge in [0.25, 0.3) is 0 Å². The standard InChI is InChI=1S/C22H22O6/c1-13-5-10-19-16(11-20(23)28-21(19)14(13)2)12-26-22(24)15(3)27-18-8-6-17(25-4)7-9-18/h5-11,15H,12H2,1-4H3. The first-order valence-electron chi connectivity index (χ1n) is 8.89. The average molecular weight is 382 g/mol. The molecule has 6 nitrogen and oxygen atoms in total. The Hall–Kier alpha value is -3.28. The first-order chi connectivity index (χ1) is 13.4. The highest BCUT2D eigenvalue weighted by Gasteiger charge is 2.18. The molecule has 3 aromatic rings. The minimum Gasteiger partial charge on any atom is -0.497 e. The van der Waals surface area contributed by atoms with Crippen LogP contribution in [0.1, 0.15) is 23.6 Å². The summed E-state index contributed by atoms with van der Waals surface area (Å²) < 4.78 is 21.4. The molecule has 0 N–H and O–H groups in total. The fourth-order valence-corrected chi connectivity index (χ4v) is 2.82. The highest BCUT2D eigenvalue weighted by molar-refractivity contribution is 5.84. The van der Waals surface area contributed by atoms with E-state index in [0.29, 0.717) is 22.6 Å². The lowest BCUT2D eigenvalue weighted by Gasteiger charge is -2.15. The molecule has 0 aliphatic rings. The maximum atomic E-state index is 12.3. The minimum atomic E-state index is -0.802. The molecule has 0 fully saturated rings. The van der Waals surface area contributed by atoms with E-state index >= 15 is 0 Å². The van der Waals surface area contributed by atoms with Crippen molar-refractivity contribution in [3.05, 3.63) is 69.6 Å². The highest BCUT2D eigenvalue weighted by Crippen LogP contribution is 2.24. The maximum absolute atomic E-state index is 12.3. The molecule has 146 valence electrons. The van der Waals surface area contributed by atoms with E-state index < -0.39 is 17.7 Å². The molecule has 0 aliphatic heterocycles. The van der Waals surface area contributed by atoms with E-state index in [2.05, 4.69) is 0 Å². The molecule has 1 heterocycles. The quantitative estimate of drug-likeness (QED) is 0.475. The molecule has 1 atom stereocenters. The molecule has 28 heavy (non-hydrogen) atoms. The maximum Gasteiger partial charge on any atom is 0.347 e. The predicted molar refractivity (Wildman–Crippen MR) is 105 cm³/mol. The van der Waals surface area contributed by atoms with Crippen LogP contribution in [-0.2, 0) is 16.1 Å². The number of ether oxygens (including phenoxy) is 3. The molecule has 2 aromatic carbocycles. The van der Waals surface area contributed by atoms with Gasteiger partial charge in [0.1, 0.15) is 23.7 Å². The van der Waals surface area contributed by atoms with Gasteiger partial charge in [0.2, 0.25) is 0 Å². The number of methoxy groups -OCH3 is 1. The molecule has 0 bridgehead atoms. The first-order valence-corrected chi connectivity index (χ1v) is 8.89. The van der Waals surface area contributed by atoms with Crippen molar-refractivity contribution in [2.75, 3.05) is 7.11 Å². The van der Waals surface area contributed by atoms with Gasteiger partial charge in [-0.2, -0.15) is 0 Å². The van der Waals surface area contributed by atoms with Gasteiger partial charge in [0.05, 0.1) is 7.11 Å². The fraction of sp³-hybridized carbons (Fsp3) is 0.273. The summed E-state index contributed by atoms with van der Waals surface area (Å²) in [6, 6.07) is 12.1. The summed E-state index contributed by atoms with van der Waals surface area (Å²) in [7, 11) is 1.58. The van der Waals surface area contributed by atoms with Gasteiger partial charge in [-0.05, 0) is 56.2 Å². The van der Waals surface area contributed by atoms with Crippen LogP contribution in [0.5, 0.6) is 11.5 Å². The SMILES string of the molecule is COc1ccc(OC(C)C(=O)OCc2cc(=O)oc3c(C)c(C)ccc23)cc1. The van der Waals surface area contributed by atoms with E-state index in [1.54, 1.807) is 38.3 Å². The van der Waals surface area contributed by atoms with Crippen LogP contribution >= 0.6 is 0 Å². The molecule has 1 aromatic heterocycles. The van der Waals surface area contributed by atoms with E-state index in [-0.39, 0.29) is 6.61 Å². The van der Waals surface area contributed by atoms with Crippen molar-refractivity contribution >= 4 is 16.9 Å². The molecule has 0 saturated heterocycles. The third-order valence-corrected chi connectivity index (χ3v) is 4.59. The zero-order valence-electron chi connectivity index (χ0n) is 16.3. The van der Waals surface area contributed by atoms with Crippen molar-refractivity contribution in [2.45, 2.75) is 33.5 Å². The summed E-state index contributed by atoms with van der Waals surface area (Å²) in [6.45, 7) is 5.40. The van der Waals surface area contributed by atoms with E-state index in [9.17, 15) is 9.59 Å². The third-order valence-electron chi connectivity index (χ3n) is 4.59. The van der Waals surface area contributed by atoms with Crippen molar-refractivity contribution in [2.24, 2.45) is 0 Å². The second-order valence-electron chi connectivity index (χ2n) is 6.52. The van der Waals surface area contributed by atoms with Crippen LogP contribution < -0.4 is 15.1 Å². The lowest BCUT2D eigenvalue weighted by Crippen LogP contribution is -2.26. The van der Waals surface area contributed by atoms with Gasteiger partial charge < -0.3 is 18.6 Å². The van der Waals surface area contributed by atoms with Gasteiger partial charge in [-0.25, -0.2) is 9.59 Å². The first kappa shape index (κ1) is 19.5. The smallest absolute Gasteiger partial charge is 0.347 e. The van der Waals surface area contributed by atoms with Gasteiger partial charge in [-0.15, -0.1) is 0 Å². The normalized spacial score (nSPS) is 11.9. The second kappa shape index (κ2) is 8.17. The van der Waals surface area contributed by atoms with Crippen molar-refractivity contribution in [3.8, 4) is 11.5 Å². The summed E-state index contributed by atoms with van der Waals surface area (Å²) in [5.74, 6) is 0.700. The molecule has 1 unspecified atom stereocenters. The second-order valence-corrected chi connectivity index (χ2v) is 6.52. The lowest BCUT2D eigenvalue weighted by atomic mass is 10.0. The number of esters is 1. The number of aryl methyl sites for hydroxylation is 2. The van der Waals surface area contributed by atoms with Crippen LogP contribution in [0.3, 0.4) is 0 Å². The van der Waals surface area contributed by atoms with Crippen LogP contribution in [0.15, 0.2) is 51.7 Å². The molecular formula is C22H22O6. The van der Waals surface area contributed by atoms with Crippen LogP contribution in [0.2, 0.25) is 0 Å². The van der Waals surface area contributed by atoms with Crippen molar-refractivity contribution < 1.29 is 23.4 Å². The van der Waals surface area contributed by atoms with E-state index in [0.717, 1.165) is 16.5 Å². The number of fused-ring (bicyclic) bond motifs is 1. The molecular weight excluding hydrogens is 360 g/mol. The molecule has 6 heteroatoms. The number of rotatable bonds is 6. The third kappa shape index (κ3) is 4.17. The Balaban J connectivity index is 1.71. The minimum absolute atomic E-state index is 0.0419. The molecule has 0 saturated carbocycles. The van der Waals surface area contributed by atoms with Crippen LogP contribution in [-0.4, -0.2) is 19.2 Å². The molecule has 0 radical (unpaired) electrons. The largest absolute Gasteiger partial charge is 0.497 e. The Kier molecular flexibility index (Phi) is 5.68. The van der Waals surface area contributed by atoms with Crippen LogP contribution in [0, 0.1) is 13.8 Å². The van der Waals surface area contributed by atoms with Gasteiger partial charge in [0.15, 0.2) is 6.10 Å². The Morgan fingerprint density at radius 2 is 1.75 bits per heavy atom. The molecule has 0 amide bonds. The van der Waals surface area contributed by atoms with Crippen molar-refractivity contribution in [3.63, 3.8) is 0 Å². The van der Waals surface area contributed by atoms with Gasteiger partial charge in [-0.3, -0.25) is 0 Å². The number of carbonyl (C=O) groups excluding carboxylic acids is 1. The molecule has 0 spiro atoms. The number of hydrogen-bond donors (Lipinski definition) is 0. The molecule has 3 rings (SSSR count). The number of benzene rings is 2.